The summed E-state index contributed by atoms with van der Waals surface area (Å²) in [6.07, 6.45) is 1.94. The molecule has 2 aromatic heterocycles. The maximum absolute atomic E-state index is 14.2. The number of hydrogen-bond donors (Lipinski definition) is 0. The van der Waals surface area contributed by atoms with Gasteiger partial charge in [0, 0.05) is 22.6 Å². The molecule has 0 saturated heterocycles. The number of ether oxygens (including phenoxy) is 1. The summed E-state index contributed by atoms with van der Waals surface area (Å²) in [5.74, 6) is -0.482. The van der Waals surface area contributed by atoms with Crippen molar-refractivity contribution in [3.05, 3.63) is 150 Å². The summed E-state index contributed by atoms with van der Waals surface area (Å²) in [6, 6.07) is 29.0. The minimum Gasteiger partial charge on any atom is -0.463 e. The van der Waals surface area contributed by atoms with Crippen molar-refractivity contribution in [3.8, 4) is 5.69 Å². The summed E-state index contributed by atoms with van der Waals surface area (Å²) in [6.45, 7) is 8.21. The maximum atomic E-state index is 14.2. The monoisotopic (exact) mass is 573 g/mol. The largest absolute Gasteiger partial charge is 0.463 e. The van der Waals surface area contributed by atoms with Crippen LogP contribution in [-0.2, 0) is 9.53 Å². The highest BCUT2D eigenvalue weighted by Crippen LogP contribution is 2.35. The molecule has 1 aliphatic heterocycles. The SMILES string of the molecule is CCOC(=O)C1=C(c2ccccc2)N=c2s/c(=C/c3cc(C)n(-c4cccc(C)c4)c3C)c(=O)n2[C@@H]1c1ccccc1. The highest BCUT2D eigenvalue weighted by atomic mass is 32.1. The summed E-state index contributed by atoms with van der Waals surface area (Å²) in [7, 11) is 0. The van der Waals surface area contributed by atoms with Crippen molar-refractivity contribution in [2.24, 2.45) is 4.99 Å². The summed E-state index contributed by atoms with van der Waals surface area (Å²) in [5.41, 5.74) is 7.64. The maximum Gasteiger partial charge on any atom is 0.338 e. The predicted molar refractivity (Wildman–Crippen MR) is 167 cm³/mol. The van der Waals surface area contributed by atoms with Crippen LogP contribution >= 0.6 is 11.3 Å². The number of rotatable bonds is 6. The van der Waals surface area contributed by atoms with Crippen molar-refractivity contribution >= 4 is 29.1 Å². The van der Waals surface area contributed by atoms with Crippen molar-refractivity contribution in [1.82, 2.24) is 9.13 Å². The Kier molecular flexibility index (Phi) is 7.35. The molecule has 0 saturated carbocycles. The number of esters is 1. The molecule has 3 aromatic carbocycles. The van der Waals surface area contributed by atoms with Crippen LogP contribution in [0.2, 0.25) is 0 Å². The molecule has 7 heteroatoms. The van der Waals surface area contributed by atoms with E-state index in [0.717, 1.165) is 33.8 Å². The van der Waals surface area contributed by atoms with E-state index in [1.165, 1.54) is 16.9 Å². The van der Waals surface area contributed by atoms with Gasteiger partial charge in [0.2, 0.25) is 0 Å². The molecule has 42 heavy (non-hydrogen) atoms. The van der Waals surface area contributed by atoms with Crippen LogP contribution in [0, 0.1) is 20.8 Å². The average Bonchev–Trinajstić information content (AvgIpc) is 3.46. The molecule has 5 aromatic rings. The standard InChI is InChI=1S/C35H31N3O3S/c1-5-41-34(40)30-31(25-14-8-6-9-15-25)36-35-38(32(30)26-16-10-7-11-17-26)33(39)29(42-35)21-27-20-23(3)37(24(27)4)28-18-12-13-22(2)19-28/h6-21,32H,5H2,1-4H3/b29-21+/t32-/m1/s1. The van der Waals surface area contributed by atoms with Crippen molar-refractivity contribution in [2.75, 3.05) is 6.61 Å². The van der Waals surface area contributed by atoms with Gasteiger partial charge in [-0.15, -0.1) is 0 Å². The third-order valence-electron chi connectivity index (χ3n) is 7.51. The number of nitrogens with zero attached hydrogens (tertiary/aromatic N) is 3. The average molecular weight is 574 g/mol. The lowest BCUT2D eigenvalue weighted by molar-refractivity contribution is -0.138. The van der Waals surface area contributed by atoms with Crippen LogP contribution in [0.3, 0.4) is 0 Å². The van der Waals surface area contributed by atoms with Crippen LogP contribution in [0.5, 0.6) is 0 Å². The molecule has 6 rings (SSSR count). The fourth-order valence-electron chi connectivity index (χ4n) is 5.63. The van der Waals surface area contributed by atoms with Crippen molar-refractivity contribution in [3.63, 3.8) is 0 Å². The van der Waals surface area contributed by atoms with Gasteiger partial charge in [0.1, 0.15) is 0 Å². The molecular weight excluding hydrogens is 542 g/mol. The van der Waals surface area contributed by atoms with Crippen LogP contribution in [0.1, 0.15) is 46.6 Å². The normalized spacial score (nSPS) is 15.0. The van der Waals surface area contributed by atoms with Gasteiger partial charge < -0.3 is 9.30 Å². The Balaban J connectivity index is 1.60. The van der Waals surface area contributed by atoms with Gasteiger partial charge in [0.25, 0.3) is 5.56 Å². The van der Waals surface area contributed by atoms with E-state index in [4.69, 9.17) is 9.73 Å². The topological polar surface area (TPSA) is 65.6 Å². The number of thiazole rings is 1. The Bertz CT molecular complexity index is 2020. The molecule has 6 nitrogen and oxygen atoms in total. The molecule has 0 amide bonds. The van der Waals surface area contributed by atoms with Gasteiger partial charge in [0.05, 0.1) is 28.5 Å². The fraction of sp³-hybridized carbons (Fsp3) is 0.171. The highest BCUT2D eigenvalue weighted by molar-refractivity contribution is 7.07. The molecule has 0 aliphatic carbocycles. The van der Waals surface area contributed by atoms with Gasteiger partial charge in [0.15, 0.2) is 4.80 Å². The van der Waals surface area contributed by atoms with E-state index in [1.54, 1.807) is 11.5 Å². The minimum atomic E-state index is -0.682. The highest BCUT2D eigenvalue weighted by Gasteiger charge is 2.35. The zero-order valence-corrected chi connectivity index (χ0v) is 24.8. The van der Waals surface area contributed by atoms with E-state index < -0.39 is 12.0 Å². The molecule has 0 bridgehead atoms. The smallest absolute Gasteiger partial charge is 0.338 e. The van der Waals surface area contributed by atoms with Crippen LogP contribution < -0.4 is 14.9 Å². The Morgan fingerprint density at radius 1 is 0.952 bits per heavy atom. The summed E-state index contributed by atoms with van der Waals surface area (Å²) in [5, 5.41) is 0. The van der Waals surface area contributed by atoms with E-state index in [2.05, 4.69) is 55.7 Å². The molecule has 1 atom stereocenters. The quantitative estimate of drug-likeness (QED) is 0.247. The number of fused-ring (bicyclic) bond motifs is 1. The van der Waals surface area contributed by atoms with Crippen molar-refractivity contribution in [1.29, 1.82) is 0 Å². The van der Waals surface area contributed by atoms with E-state index in [9.17, 15) is 9.59 Å². The Morgan fingerprint density at radius 3 is 2.36 bits per heavy atom. The van der Waals surface area contributed by atoms with Gasteiger partial charge in [-0.3, -0.25) is 9.36 Å². The van der Waals surface area contributed by atoms with Gasteiger partial charge in [-0.2, -0.15) is 0 Å². The minimum absolute atomic E-state index is 0.193. The zero-order chi connectivity index (χ0) is 29.4. The van der Waals surface area contributed by atoms with Gasteiger partial charge >= 0.3 is 5.97 Å². The zero-order valence-electron chi connectivity index (χ0n) is 24.0. The molecule has 210 valence electrons. The number of carbonyl (C=O) groups excluding carboxylic acids is 1. The first-order valence-corrected chi connectivity index (χ1v) is 14.8. The number of aromatic nitrogens is 2. The summed E-state index contributed by atoms with van der Waals surface area (Å²) in [4.78, 5) is 33.2. The molecule has 0 spiro atoms. The van der Waals surface area contributed by atoms with Crippen molar-refractivity contribution < 1.29 is 9.53 Å². The van der Waals surface area contributed by atoms with E-state index in [1.807, 2.05) is 66.7 Å². The third-order valence-corrected chi connectivity index (χ3v) is 8.49. The van der Waals surface area contributed by atoms with E-state index in [-0.39, 0.29) is 12.2 Å². The van der Waals surface area contributed by atoms with Gasteiger partial charge in [-0.25, -0.2) is 9.79 Å². The second kappa shape index (κ2) is 11.3. The Morgan fingerprint density at radius 2 is 1.67 bits per heavy atom. The molecule has 1 aliphatic rings. The lowest BCUT2D eigenvalue weighted by Gasteiger charge is -2.25. The van der Waals surface area contributed by atoms with Crippen molar-refractivity contribution in [2.45, 2.75) is 33.7 Å². The fourth-order valence-corrected chi connectivity index (χ4v) is 6.62. The van der Waals surface area contributed by atoms with Crippen LogP contribution in [-0.4, -0.2) is 21.7 Å². The Hall–Kier alpha value is -4.75. The van der Waals surface area contributed by atoms with Crippen LogP contribution in [0.4, 0.5) is 0 Å². The summed E-state index contributed by atoms with van der Waals surface area (Å²) >= 11 is 1.34. The second-order valence-electron chi connectivity index (χ2n) is 10.3. The van der Waals surface area contributed by atoms with Crippen LogP contribution in [0.25, 0.3) is 17.5 Å². The molecule has 0 unspecified atom stereocenters. The second-order valence-corrected chi connectivity index (χ2v) is 11.4. The first kappa shape index (κ1) is 27.4. The first-order chi connectivity index (χ1) is 20.4. The lowest BCUT2D eigenvalue weighted by atomic mass is 9.93. The van der Waals surface area contributed by atoms with Gasteiger partial charge in [-0.1, -0.05) is 84.1 Å². The van der Waals surface area contributed by atoms with Crippen LogP contribution in [0.15, 0.2) is 106 Å². The molecule has 3 heterocycles. The number of carbonyl (C=O) groups is 1. The number of benzene rings is 3. The first-order valence-electron chi connectivity index (χ1n) is 14.0. The molecule has 0 fully saturated rings. The van der Waals surface area contributed by atoms with E-state index >= 15 is 0 Å². The molecule has 0 N–H and O–H groups in total. The predicted octanol–water partition coefficient (Wildman–Crippen LogP) is 5.65. The molecule has 0 radical (unpaired) electrons. The van der Waals surface area contributed by atoms with E-state index in [0.29, 0.717) is 20.6 Å². The summed E-state index contributed by atoms with van der Waals surface area (Å²) < 4.78 is 9.94. The Labute approximate surface area is 248 Å². The number of aryl methyl sites for hydroxylation is 2. The number of hydrogen-bond acceptors (Lipinski definition) is 5. The molecular formula is C35H31N3O3S. The third kappa shape index (κ3) is 4.86. The van der Waals surface area contributed by atoms with Gasteiger partial charge in [-0.05, 0) is 68.7 Å². The lowest BCUT2D eigenvalue weighted by Crippen LogP contribution is -2.40.